The molecule has 0 saturated carbocycles. The molecule has 0 heterocycles. The molecule has 0 aliphatic rings. The number of rotatable bonds is 9. The van der Waals surface area contributed by atoms with Crippen LogP contribution in [0.5, 0.6) is 5.75 Å². The Morgan fingerprint density at radius 3 is 2.36 bits per heavy atom. The average molecular weight is 351 g/mol. The summed E-state index contributed by atoms with van der Waals surface area (Å²) in [7, 11) is 0. The summed E-state index contributed by atoms with van der Waals surface area (Å²) in [5.41, 5.74) is 0.850. The van der Waals surface area contributed by atoms with E-state index >= 15 is 0 Å². The maximum Gasteiger partial charge on any atom is 0.307 e. The number of hydrogen-bond donors (Lipinski definition) is 3. The van der Waals surface area contributed by atoms with Crippen LogP contribution in [0.1, 0.15) is 17.2 Å². The molecule has 0 aliphatic heterocycles. The van der Waals surface area contributed by atoms with Gasteiger partial charge in [-0.3, -0.25) is 4.79 Å². The normalized spacial score (nSPS) is 12.0. The van der Waals surface area contributed by atoms with Crippen LogP contribution in [0.4, 0.5) is 8.78 Å². The van der Waals surface area contributed by atoms with Gasteiger partial charge < -0.3 is 20.3 Å². The quantitative estimate of drug-likeness (QED) is 0.604. The summed E-state index contributed by atoms with van der Waals surface area (Å²) in [5, 5.41) is 21.5. The third-order valence-corrected chi connectivity index (χ3v) is 3.43. The molecule has 0 radical (unpaired) electrons. The summed E-state index contributed by atoms with van der Waals surface area (Å²) in [5.74, 6) is -1.76. The zero-order chi connectivity index (χ0) is 18.2. The van der Waals surface area contributed by atoms with Gasteiger partial charge in [-0.25, -0.2) is 8.78 Å². The van der Waals surface area contributed by atoms with Gasteiger partial charge in [0.05, 0.1) is 12.5 Å². The predicted molar refractivity (Wildman–Crippen MR) is 87.5 cm³/mol. The number of aliphatic carboxylic acids is 1. The van der Waals surface area contributed by atoms with Gasteiger partial charge in [0.25, 0.3) is 0 Å². The fourth-order valence-electron chi connectivity index (χ4n) is 2.24. The van der Waals surface area contributed by atoms with Crippen molar-refractivity contribution in [3.8, 4) is 5.75 Å². The monoisotopic (exact) mass is 351 g/mol. The maximum absolute atomic E-state index is 13.1. The van der Waals surface area contributed by atoms with Gasteiger partial charge >= 0.3 is 5.97 Å². The maximum atomic E-state index is 13.1. The number of carboxylic acids is 1. The van der Waals surface area contributed by atoms with Gasteiger partial charge in [0, 0.05) is 19.2 Å². The lowest BCUT2D eigenvalue weighted by Crippen LogP contribution is -2.26. The van der Waals surface area contributed by atoms with E-state index in [4.69, 9.17) is 9.84 Å². The smallest absolute Gasteiger partial charge is 0.307 e. The van der Waals surface area contributed by atoms with Crippen molar-refractivity contribution in [2.24, 2.45) is 0 Å². The van der Waals surface area contributed by atoms with Gasteiger partial charge in [-0.2, -0.15) is 0 Å². The van der Waals surface area contributed by atoms with E-state index in [0.29, 0.717) is 24.5 Å². The first-order valence-electron chi connectivity index (χ1n) is 7.72. The third-order valence-electron chi connectivity index (χ3n) is 3.43. The van der Waals surface area contributed by atoms with Crippen LogP contribution in [0, 0.1) is 11.6 Å². The highest BCUT2D eigenvalue weighted by Crippen LogP contribution is 2.15. The lowest BCUT2D eigenvalue weighted by Gasteiger charge is -2.13. The Morgan fingerprint density at radius 2 is 1.76 bits per heavy atom. The van der Waals surface area contributed by atoms with E-state index in [1.165, 1.54) is 0 Å². The second-order valence-corrected chi connectivity index (χ2v) is 5.49. The minimum atomic E-state index is -1.03. The van der Waals surface area contributed by atoms with Crippen molar-refractivity contribution < 1.29 is 28.5 Å². The summed E-state index contributed by atoms with van der Waals surface area (Å²) in [6.45, 7) is 0.873. The molecule has 0 saturated heterocycles. The molecule has 0 fully saturated rings. The summed E-state index contributed by atoms with van der Waals surface area (Å²) >= 11 is 0. The van der Waals surface area contributed by atoms with Crippen molar-refractivity contribution in [2.75, 3.05) is 19.7 Å². The van der Waals surface area contributed by atoms with E-state index < -0.39 is 23.7 Å². The lowest BCUT2D eigenvalue weighted by molar-refractivity contribution is -0.136. The van der Waals surface area contributed by atoms with Gasteiger partial charge in [0.1, 0.15) is 24.0 Å². The molecule has 1 atom stereocenters. The van der Waals surface area contributed by atoms with Crippen molar-refractivity contribution in [1.82, 2.24) is 5.32 Å². The zero-order valence-corrected chi connectivity index (χ0v) is 13.4. The summed E-state index contributed by atoms with van der Waals surface area (Å²) in [6.07, 6.45) is -1.07. The second-order valence-electron chi connectivity index (χ2n) is 5.49. The highest BCUT2D eigenvalue weighted by atomic mass is 19.1. The van der Waals surface area contributed by atoms with Crippen LogP contribution < -0.4 is 10.1 Å². The Morgan fingerprint density at radius 1 is 1.12 bits per heavy atom. The van der Waals surface area contributed by atoms with E-state index in [0.717, 1.165) is 18.2 Å². The first-order valence-corrected chi connectivity index (χ1v) is 7.72. The van der Waals surface area contributed by atoms with E-state index in [1.54, 1.807) is 24.3 Å². The molecule has 134 valence electrons. The molecule has 2 aromatic rings. The summed E-state index contributed by atoms with van der Waals surface area (Å²) in [4.78, 5) is 10.6. The van der Waals surface area contributed by atoms with Crippen molar-refractivity contribution >= 4 is 5.97 Å². The molecule has 2 rings (SSSR count). The molecule has 0 aromatic heterocycles. The highest BCUT2D eigenvalue weighted by molar-refractivity contribution is 5.70. The topological polar surface area (TPSA) is 78.8 Å². The highest BCUT2D eigenvalue weighted by Gasteiger charge is 2.10. The van der Waals surface area contributed by atoms with Crippen LogP contribution in [0.2, 0.25) is 0 Å². The number of halogens is 2. The van der Waals surface area contributed by atoms with Crippen LogP contribution >= 0.6 is 0 Å². The SMILES string of the molecule is O=C(O)Cc1ccc(OCCNCC(O)c2cc(F)cc(F)c2)cc1. The van der Waals surface area contributed by atoms with Crippen molar-refractivity contribution in [3.63, 3.8) is 0 Å². The lowest BCUT2D eigenvalue weighted by atomic mass is 10.1. The molecule has 0 aliphatic carbocycles. The van der Waals surface area contributed by atoms with Crippen molar-refractivity contribution in [3.05, 3.63) is 65.2 Å². The number of aliphatic hydroxyl groups excluding tert-OH is 1. The van der Waals surface area contributed by atoms with Crippen molar-refractivity contribution in [1.29, 1.82) is 0 Å². The van der Waals surface area contributed by atoms with Crippen LogP contribution in [-0.4, -0.2) is 35.9 Å². The molecule has 0 spiro atoms. The summed E-state index contributed by atoms with van der Waals surface area (Å²) in [6, 6.07) is 9.65. The molecule has 25 heavy (non-hydrogen) atoms. The Bertz CT molecular complexity index is 686. The van der Waals surface area contributed by atoms with Crippen LogP contribution in [0.3, 0.4) is 0 Å². The zero-order valence-electron chi connectivity index (χ0n) is 13.4. The van der Waals surface area contributed by atoms with E-state index in [9.17, 15) is 18.7 Å². The number of nitrogens with one attached hydrogen (secondary N) is 1. The van der Waals surface area contributed by atoms with Gasteiger partial charge in [-0.05, 0) is 35.4 Å². The Balaban J connectivity index is 1.69. The van der Waals surface area contributed by atoms with Gasteiger partial charge in [-0.1, -0.05) is 12.1 Å². The molecule has 2 aromatic carbocycles. The van der Waals surface area contributed by atoms with Gasteiger partial charge in [0.15, 0.2) is 0 Å². The molecule has 1 unspecified atom stereocenters. The molecule has 5 nitrogen and oxygen atoms in total. The van der Waals surface area contributed by atoms with Gasteiger partial charge in [0.2, 0.25) is 0 Å². The van der Waals surface area contributed by atoms with E-state index in [1.807, 2.05) is 0 Å². The third kappa shape index (κ3) is 6.48. The number of ether oxygens (including phenoxy) is 1. The van der Waals surface area contributed by atoms with Crippen LogP contribution in [0.15, 0.2) is 42.5 Å². The molecule has 0 bridgehead atoms. The van der Waals surface area contributed by atoms with Crippen LogP contribution in [-0.2, 0) is 11.2 Å². The second kappa shape index (κ2) is 9.10. The number of hydrogen-bond acceptors (Lipinski definition) is 4. The standard InChI is InChI=1S/C18H19F2NO4/c19-14-8-13(9-15(20)10-14)17(22)11-21-5-6-25-16-3-1-12(2-4-16)7-18(23)24/h1-4,8-10,17,21-22H,5-7,11H2,(H,23,24). The summed E-state index contributed by atoms with van der Waals surface area (Å²) < 4.78 is 31.7. The van der Waals surface area contributed by atoms with E-state index in [-0.39, 0.29) is 18.5 Å². The predicted octanol–water partition coefficient (Wildman–Crippen LogP) is 2.29. The molecular weight excluding hydrogens is 332 g/mol. The minimum absolute atomic E-state index is 0.0413. The number of aliphatic hydroxyl groups is 1. The largest absolute Gasteiger partial charge is 0.492 e. The van der Waals surface area contributed by atoms with Crippen LogP contribution in [0.25, 0.3) is 0 Å². The fourth-order valence-corrected chi connectivity index (χ4v) is 2.24. The molecule has 3 N–H and O–H groups in total. The molecule has 7 heteroatoms. The fraction of sp³-hybridized carbons (Fsp3) is 0.278. The Hall–Kier alpha value is -2.51. The minimum Gasteiger partial charge on any atom is -0.492 e. The number of benzene rings is 2. The first kappa shape index (κ1) is 18.8. The number of carboxylic acid groups (broad SMARTS) is 1. The van der Waals surface area contributed by atoms with E-state index in [2.05, 4.69) is 5.32 Å². The molecule has 0 amide bonds. The molecular formula is C18H19F2NO4. The Labute approximate surface area is 143 Å². The average Bonchev–Trinajstić information content (AvgIpc) is 2.54. The van der Waals surface area contributed by atoms with Gasteiger partial charge in [-0.15, -0.1) is 0 Å². The van der Waals surface area contributed by atoms with Crippen molar-refractivity contribution in [2.45, 2.75) is 12.5 Å². The number of carbonyl (C=O) groups is 1. The Kier molecular flexibility index (Phi) is 6.85. The first-order chi connectivity index (χ1) is 11.9.